The molecule has 2 saturated carbocycles. The lowest BCUT2D eigenvalue weighted by Crippen LogP contribution is -2.41. The molecule has 0 atom stereocenters. The highest BCUT2D eigenvalue weighted by Gasteiger charge is 2.33. The fourth-order valence-electron chi connectivity index (χ4n) is 3.70. The lowest BCUT2D eigenvalue weighted by atomic mass is 9.81. The number of carboxylic acid groups (broad SMARTS) is 1. The van der Waals surface area contributed by atoms with Crippen LogP contribution in [0.4, 0.5) is 0 Å². The SMILES string of the molecule is CN(C(=O)C1CCC(C(=O)O)CC1)C1CCCCCC1. The normalized spacial score (nSPS) is 28.6. The van der Waals surface area contributed by atoms with Crippen molar-refractivity contribution in [3.05, 3.63) is 0 Å². The zero-order valence-electron chi connectivity index (χ0n) is 12.5. The Morgan fingerprint density at radius 2 is 1.35 bits per heavy atom. The second-order valence-electron chi connectivity index (χ2n) is 6.48. The van der Waals surface area contributed by atoms with Crippen LogP contribution in [-0.4, -0.2) is 35.0 Å². The molecule has 20 heavy (non-hydrogen) atoms. The summed E-state index contributed by atoms with van der Waals surface area (Å²) in [6.45, 7) is 0. The van der Waals surface area contributed by atoms with Crippen LogP contribution in [0.15, 0.2) is 0 Å². The van der Waals surface area contributed by atoms with Crippen molar-refractivity contribution in [3.8, 4) is 0 Å². The van der Waals surface area contributed by atoms with Gasteiger partial charge in [0, 0.05) is 19.0 Å². The molecule has 0 aromatic carbocycles. The van der Waals surface area contributed by atoms with Crippen LogP contribution in [0, 0.1) is 11.8 Å². The highest BCUT2D eigenvalue weighted by Crippen LogP contribution is 2.31. The number of nitrogens with zero attached hydrogens (tertiary/aromatic N) is 1. The maximum Gasteiger partial charge on any atom is 0.306 e. The van der Waals surface area contributed by atoms with Crippen molar-refractivity contribution in [2.24, 2.45) is 11.8 Å². The van der Waals surface area contributed by atoms with E-state index in [2.05, 4.69) is 0 Å². The highest BCUT2D eigenvalue weighted by atomic mass is 16.4. The van der Waals surface area contributed by atoms with E-state index in [1.165, 1.54) is 25.7 Å². The van der Waals surface area contributed by atoms with Gasteiger partial charge in [-0.1, -0.05) is 25.7 Å². The first kappa shape index (κ1) is 15.3. The van der Waals surface area contributed by atoms with Gasteiger partial charge in [0.05, 0.1) is 5.92 Å². The molecule has 0 spiro atoms. The molecule has 2 aliphatic rings. The molecule has 1 N–H and O–H groups in total. The summed E-state index contributed by atoms with van der Waals surface area (Å²) in [5.74, 6) is -0.630. The monoisotopic (exact) mass is 281 g/mol. The molecule has 0 saturated heterocycles. The van der Waals surface area contributed by atoms with Crippen LogP contribution < -0.4 is 0 Å². The van der Waals surface area contributed by atoms with Gasteiger partial charge in [0.15, 0.2) is 0 Å². The molecule has 4 nitrogen and oxygen atoms in total. The molecule has 0 aromatic rings. The summed E-state index contributed by atoms with van der Waals surface area (Å²) in [6.07, 6.45) is 10.1. The van der Waals surface area contributed by atoms with Gasteiger partial charge in [-0.05, 0) is 38.5 Å². The number of carbonyl (C=O) groups excluding carboxylic acids is 1. The quantitative estimate of drug-likeness (QED) is 0.809. The summed E-state index contributed by atoms with van der Waals surface area (Å²) >= 11 is 0. The molecule has 0 radical (unpaired) electrons. The Hall–Kier alpha value is -1.06. The third kappa shape index (κ3) is 3.74. The summed E-state index contributed by atoms with van der Waals surface area (Å²) < 4.78 is 0. The van der Waals surface area contributed by atoms with Gasteiger partial charge in [0.25, 0.3) is 0 Å². The molecule has 0 unspecified atom stereocenters. The molecular weight excluding hydrogens is 254 g/mol. The minimum absolute atomic E-state index is 0.0545. The Morgan fingerprint density at radius 3 is 1.85 bits per heavy atom. The minimum Gasteiger partial charge on any atom is -0.481 e. The summed E-state index contributed by atoms with van der Waals surface area (Å²) in [7, 11) is 1.95. The molecule has 2 aliphatic carbocycles. The van der Waals surface area contributed by atoms with E-state index in [0.29, 0.717) is 18.9 Å². The van der Waals surface area contributed by atoms with Crippen molar-refractivity contribution in [2.45, 2.75) is 70.3 Å². The van der Waals surface area contributed by atoms with Gasteiger partial charge in [0.2, 0.25) is 5.91 Å². The Morgan fingerprint density at radius 1 is 0.850 bits per heavy atom. The first-order chi connectivity index (χ1) is 9.59. The molecule has 2 fully saturated rings. The summed E-state index contributed by atoms with van der Waals surface area (Å²) in [4.78, 5) is 25.5. The maximum atomic E-state index is 12.6. The van der Waals surface area contributed by atoms with Crippen LogP contribution in [0.25, 0.3) is 0 Å². The summed E-state index contributed by atoms with van der Waals surface area (Å²) in [6, 6.07) is 0.405. The van der Waals surface area contributed by atoms with Crippen LogP contribution in [0.5, 0.6) is 0 Å². The lowest BCUT2D eigenvalue weighted by molar-refractivity contribution is -0.146. The van der Waals surface area contributed by atoms with Crippen LogP contribution in [0.2, 0.25) is 0 Å². The molecule has 4 heteroatoms. The highest BCUT2D eigenvalue weighted by molar-refractivity contribution is 5.79. The van der Waals surface area contributed by atoms with Gasteiger partial charge in [-0.15, -0.1) is 0 Å². The third-order valence-electron chi connectivity index (χ3n) is 5.15. The first-order valence-corrected chi connectivity index (χ1v) is 8.09. The Kier molecular flexibility index (Phi) is 5.44. The van der Waals surface area contributed by atoms with Crippen LogP contribution in [-0.2, 0) is 9.59 Å². The van der Waals surface area contributed by atoms with Gasteiger partial charge < -0.3 is 10.0 Å². The second kappa shape index (κ2) is 7.09. The number of amides is 1. The van der Waals surface area contributed by atoms with Crippen LogP contribution >= 0.6 is 0 Å². The predicted molar refractivity (Wildman–Crippen MR) is 77.3 cm³/mol. The van der Waals surface area contributed by atoms with Crippen molar-refractivity contribution in [1.82, 2.24) is 4.90 Å². The van der Waals surface area contributed by atoms with Gasteiger partial charge in [-0.2, -0.15) is 0 Å². The fourth-order valence-corrected chi connectivity index (χ4v) is 3.70. The number of hydrogen-bond acceptors (Lipinski definition) is 2. The summed E-state index contributed by atoms with van der Waals surface area (Å²) in [5.41, 5.74) is 0. The number of hydrogen-bond donors (Lipinski definition) is 1. The first-order valence-electron chi connectivity index (χ1n) is 8.09. The molecule has 114 valence electrons. The van der Waals surface area contributed by atoms with E-state index in [1.807, 2.05) is 11.9 Å². The number of carboxylic acids is 1. The van der Waals surface area contributed by atoms with Gasteiger partial charge in [0.1, 0.15) is 0 Å². The molecular formula is C16H27NO3. The smallest absolute Gasteiger partial charge is 0.306 e. The Bertz CT molecular complexity index is 340. The Labute approximate surface area is 121 Å². The fraction of sp³-hybridized carbons (Fsp3) is 0.875. The zero-order chi connectivity index (χ0) is 14.5. The van der Waals surface area contributed by atoms with E-state index in [0.717, 1.165) is 25.7 Å². The van der Waals surface area contributed by atoms with Crippen molar-refractivity contribution in [2.75, 3.05) is 7.05 Å². The van der Waals surface area contributed by atoms with E-state index in [1.54, 1.807) is 0 Å². The van der Waals surface area contributed by atoms with Gasteiger partial charge in [-0.25, -0.2) is 0 Å². The van der Waals surface area contributed by atoms with Gasteiger partial charge >= 0.3 is 5.97 Å². The molecule has 0 aliphatic heterocycles. The topological polar surface area (TPSA) is 57.6 Å². The number of rotatable bonds is 3. The van der Waals surface area contributed by atoms with Crippen molar-refractivity contribution in [3.63, 3.8) is 0 Å². The molecule has 0 bridgehead atoms. The molecule has 1 amide bonds. The van der Waals surface area contributed by atoms with E-state index in [-0.39, 0.29) is 17.7 Å². The average Bonchev–Trinajstić information content (AvgIpc) is 2.75. The van der Waals surface area contributed by atoms with Crippen molar-refractivity contribution in [1.29, 1.82) is 0 Å². The average molecular weight is 281 g/mol. The number of aliphatic carboxylic acids is 1. The van der Waals surface area contributed by atoms with E-state index in [4.69, 9.17) is 5.11 Å². The second-order valence-corrected chi connectivity index (χ2v) is 6.48. The minimum atomic E-state index is -0.701. The molecule has 0 heterocycles. The van der Waals surface area contributed by atoms with Crippen LogP contribution in [0.1, 0.15) is 64.2 Å². The largest absolute Gasteiger partial charge is 0.481 e. The Balaban J connectivity index is 1.85. The van der Waals surface area contributed by atoms with Gasteiger partial charge in [-0.3, -0.25) is 9.59 Å². The molecule has 2 rings (SSSR count). The van der Waals surface area contributed by atoms with E-state index < -0.39 is 5.97 Å². The van der Waals surface area contributed by atoms with Crippen molar-refractivity contribution >= 4 is 11.9 Å². The van der Waals surface area contributed by atoms with E-state index >= 15 is 0 Å². The predicted octanol–water partition coefficient (Wildman–Crippen LogP) is 3.06. The maximum absolute atomic E-state index is 12.6. The zero-order valence-corrected chi connectivity index (χ0v) is 12.5. The summed E-state index contributed by atoms with van der Waals surface area (Å²) in [5, 5.41) is 9.01. The number of carbonyl (C=O) groups is 2. The third-order valence-corrected chi connectivity index (χ3v) is 5.15. The molecule has 0 aromatic heterocycles. The van der Waals surface area contributed by atoms with Crippen molar-refractivity contribution < 1.29 is 14.7 Å². The van der Waals surface area contributed by atoms with E-state index in [9.17, 15) is 9.59 Å². The standard InChI is InChI=1S/C16H27NO3/c1-17(14-6-4-2-3-5-7-14)15(18)12-8-10-13(11-9-12)16(19)20/h12-14H,2-11H2,1H3,(H,19,20). The van der Waals surface area contributed by atoms with Crippen LogP contribution in [0.3, 0.4) is 0 Å². The lowest BCUT2D eigenvalue weighted by Gasteiger charge is -2.33.